The molecule has 1 nitrogen and oxygen atoms in total. The van der Waals surface area contributed by atoms with E-state index in [1.165, 1.54) is 6.07 Å². The third-order valence-electron chi connectivity index (χ3n) is 2.24. The van der Waals surface area contributed by atoms with Gasteiger partial charge >= 0.3 is 0 Å². The molecule has 82 valence electrons. The molecule has 0 unspecified atom stereocenters. The van der Waals surface area contributed by atoms with Crippen LogP contribution >= 0.6 is 0 Å². The Morgan fingerprint density at radius 3 is 2.73 bits per heavy atom. The summed E-state index contributed by atoms with van der Waals surface area (Å²) in [4.78, 5) is 2.23. The fourth-order valence-corrected chi connectivity index (χ4v) is 1.55. The van der Waals surface area contributed by atoms with E-state index in [9.17, 15) is 4.39 Å². The van der Waals surface area contributed by atoms with Crippen molar-refractivity contribution in [3.05, 3.63) is 47.8 Å². The topological polar surface area (TPSA) is 3.24 Å². The van der Waals surface area contributed by atoms with E-state index in [-0.39, 0.29) is 5.82 Å². The number of halogens is 1. The van der Waals surface area contributed by atoms with E-state index in [0.29, 0.717) is 0 Å². The molecule has 1 aromatic carbocycles. The summed E-state index contributed by atoms with van der Waals surface area (Å²) >= 11 is 0. The Morgan fingerprint density at radius 2 is 2.20 bits per heavy atom. The van der Waals surface area contributed by atoms with Crippen molar-refractivity contribution >= 4 is 0 Å². The maximum absolute atomic E-state index is 12.9. The average Bonchev–Trinajstić information content (AvgIpc) is 2.16. The summed E-state index contributed by atoms with van der Waals surface area (Å²) in [5.41, 5.74) is 2.14. The summed E-state index contributed by atoms with van der Waals surface area (Å²) in [6.45, 7) is 10.6. The van der Waals surface area contributed by atoms with Gasteiger partial charge in [-0.05, 0) is 31.2 Å². The first-order valence-corrected chi connectivity index (χ1v) is 5.23. The summed E-state index contributed by atoms with van der Waals surface area (Å²) in [6.07, 6.45) is 0. The maximum atomic E-state index is 12.9. The molecule has 0 radical (unpaired) electrons. The number of hydrogen-bond donors (Lipinski definition) is 0. The normalized spacial score (nSPS) is 10.7. The van der Waals surface area contributed by atoms with Gasteiger partial charge in [0.05, 0.1) is 0 Å². The molecule has 0 fully saturated rings. The third-order valence-corrected chi connectivity index (χ3v) is 2.24. The van der Waals surface area contributed by atoms with E-state index < -0.39 is 0 Å². The summed E-state index contributed by atoms with van der Waals surface area (Å²) in [5, 5.41) is 0. The van der Waals surface area contributed by atoms with Crippen LogP contribution in [-0.2, 0) is 6.54 Å². The summed E-state index contributed by atoms with van der Waals surface area (Å²) in [6, 6.07) is 6.75. The van der Waals surface area contributed by atoms with Crippen LogP contribution in [0.3, 0.4) is 0 Å². The number of benzene rings is 1. The Balaban J connectivity index is 2.62. The lowest BCUT2D eigenvalue weighted by molar-refractivity contribution is 0.304. The van der Waals surface area contributed by atoms with Crippen LogP contribution in [0.4, 0.5) is 4.39 Å². The van der Waals surface area contributed by atoms with E-state index in [4.69, 9.17) is 0 Å². The highest BCUT2D eigenvalue weighted by molar-refractivity contribution is 5.16. The van der Waals surface area contributed by atoms with Gasteiger partial charge < -0.3 is 0 Å². The second kappa shape index (κ2) is 5.66. The second-order valence-electron chi connectivity index (χ2n) is 3.89. The Bertz CT molecular complexity index is 333. The van der Waals surface area contributed by atoms with Crippen molar-refractivity contribution in [1.82, 2.24) is 4.90 Å². The lowest BCUT2D eigenvalue weighted by Gasteiger charge is -2.20. The van der Waals surface area contributed by atoms with Crippen LogP contribution in [0.15, 0.2) is 36.4 Å². The van der Waals surface area contributed by atoms with Crippen LogP contribution in [-0.4, -0.2) is 18.0 Å². The summed E-state index contributed by atoms with van der Waals surface area (Å²) in [7, 11) is 0. The molecule has 0 aliphatic heterocycles. The molecular formula is C13H18FN. The molecule has 1 aromatic rings. The standard InChI is InChI=1S/C13H18FN/c1-4-15(9-11(2)3)10-12-6-5-7-13(14)8-12/h5-8H,2,4,9-10H2,1,3H3. The van der Waals surface area contributed by atoms with Gasteiger partial charge in [0, 0.05) is 13.1 Å². The zero-order chi connectivity index (χ0) is 11.3. The van der Waals surface area contributed by atoms with Crippen LogP contribution in [0.25, 0.3) is 0 Å². The van der Waals surface area contributed by atoms with Crippen molar-refractivity contribution in [1.29, 1.82) is 0 Å². The fourth-order valence-electron chi connectivity index (χ4n) is 1.55. The minimum atomic E-state index is -0.168. The van der Waals surface area contributed by atoms with Gasteiger partial charge in [-0.2, -0.15) is 0 Å². The molecule has 0 saturated carbocycles. The molecule has 1 rings (SSSR count). The van der Waals surface area contributed by atoms with Crippen molar-refractivity contribution in [3.63, 3.8) is 0 Å². The van der Waals surface area contributed by atoms with Crippen molar-refractivity contribution in [2.24, 2.45) is 0 Å². The molecule has 0 aromatic heterocycles. The Hall–Kier alpha value is -1.15. The number of nitrogens with zero attached hydrogens (tertiary/aromatic N) is 1. The molecule has 2 heteroatoms. The van der Waals surface area contributed by atoms with Crippen LogP contribution in [0.2, 0.25) is 0 Å². The molecule has 0 N–H and O–H groups in total. The second-order valence-corrected chi connectivity index (χ2v) is 3.89. The largest absolute Gasteiger partial charge is 0.295 e. The van der Waals surface area contributed by atoms with E-state index in [1.807, 2.05) is 13.0 Å². The number of likely N-dealkylation sites (N-methyl/N-ethyl adjacent to an activating group) is 1. The van der Waals surface area contributed by atoms with Crippen molar-refractivity contribution in [3.8, 4) is 0 Å². The van der Waals surface area contributed by atoms with Crippen LogP contribution in [0, 0.1) is 5.82 Å². The molecular weight excluding hydrogens is 189 g/mol. The predicted molar refractivity (Wildman–Crippen MR) is 62.2 cm³/mol. The monoisotopic (exact) mass is 207 g/mol. The SMILES string of the molecule is C=C(C)CN(CC)Cc1cccc(F)c1. The van der Waals surface area contributed by atoms with Gasteiger partial charge in [0.15, 0.2) is 0 Å². The molecule has 0 amide bonds. The van der Waals surface area contributed by atoms with Crippen molar-refractivity contribution in [2.45, 2.75) is 20.4 Å². The first-order chi connectivity index (χ1) is 7.11. The van der Waals surface area contributed by atoms with E-state index in [2.05, 4.69) is 18.4 Å². The minimum absolute atomic E-state index is 0.168. The molecule has 0 aliphatic carbocycles. The van der Waals surface area contributed by atoms with Gasteiger partial charge in [-0.25, -0.2) is 4.39 Å². The van der Waals surface area contributed by atoms with Crippen LogP contribution in [0.5, 0.6) is 0 Å². The predicted octanol–water partition coefficient (Wildman–Crippen LogP) is 3.22. The van der Waals surface area contributed by atoms with E-state index in [1.54, 1.807) is 12.1 Å². The smallest absolute Gasteiger partial charge is 0.123 e. The van der Waals surface area contributed by atoms with Crippen molar-refractivity contribution in [2.75, 3.05) is 13.1 Å². The third kappa shape index (κ3) is 4.26. The van der Waals surface area contributed by atoms with Gasteiger partial charge in [-0.1, -0.05) is 31.2 Å². The Labute approximate surface area is 91.2 Å². The first kappa shape index (κ1) is 11.9. The van der Waals surface area contributed by atoms with Gasteiger partial charge in [0.25, 0.3) is 0 Å². The summed E-state index contributed by atoms with van der Waals surface area (Å²) in [5.74, 6) is -0.168. The molecule has 0 saturated heterocycles. The lowest BCUT2D eigenvalue weighted by atomic mass is 10.2. The zero-order valence-corrected chi connectivity index (χ0v) is 9.46. The quantitative estimate of drug-likeness (QED) is 0.670. The van der Waals surface area contributed by atoms with Crippen LogP contribution < -0.4 is 0 Å². The van der Waals surface area contributed by atoms with E-state index >= 15 is 0 Å². The van der Waals surface area contributed by atoms with Gasteiger partial charge in [0.2, 0.25) is 0 Å². The average molecular weight is 207 g/mol. The molecule has 0 bridgehead atoms. The highest BCUT2D eigenvalue weighted by Crippen LogP contribution is 2.08. The van der Waals surface area contributed by atoms with Gasteiger partial charge in [-0.3, -0.25) is 4.90 Å². The number of rotatable bonds is 5. The lowest BCUT2D eigenvalue weighted by Crippen LogP contribution is -2.24. The highest BCUT2D eigenvalue weighted by atomic mass is 19.1. The van der Waals surface area contributed by atoms with Gasteiger partial charge in [0.1, 0.15) is 5.82 Å². The molecule has 0 aliphatic rings. The minimum Gasteiger partial charge on any atom is -0.295 e. The summed E-state index contributed by atoms with van der Waals surface area (Å²) < 4.78 is 12.9. The van der Waals surface area contributed by atoms with Gasteiger partial charge in [-0.15, -0.1) is 0 Å². The first-order valence-electron chi connectivity index (χ1n) is 5.23. The molecule has 0 atom stereocenters. The molecule has 0 spiro atoms. The Morgan fingerprint density at radius 1 is 1.47 bits per heavy atom. The maximum Gasteiger partial charge on any atom is 0.123 e. The molecule has 15 heavy (non-hydrogen) atoms. The van der Waals surface area contributed by atoms with Crippen molar-refractivity contribution < 1.29 is 4.39 Å². The Kier molecular flexibility index (Phi) is 4.50. The van der Waals surface area contributed by atoms with Crippen LogP contribution in [0.1, 0.15) is 19.4 Å². The number of hydrogen-bond acceptors (Lipinski definition) is 1. The fraction of sp³-hybridized carbons (Fsp3) is 0.385. The zero-order valence-electron chi connectivity index (χ0n) is 9.46. The highest BCUT2D eigenvalue weighted by Gasteiger charge is 2.04. The van der Waals surface area contributed by atoms with E-state index in [0.717, 1.165) is 30.8 Å². The molecule has 0 heterocycles.